The van der Waals surface area contributed by atoms with Crippen molar-refractivity contribution in [3.63, 3.8) is 0 Å². The van der Waals surface area contributed by atoms with E-state index in [1.54, 1.807) is 36.4 Å². The minimum Gasteiger partial charge on any atom is -0.467 e. The highest BCUT2D eigenvalue weighted by atomic mass is 35.5. The molecule has 0 spiro atoms. The Bertz CT molecular complexity index is 652. The third-order valence-electron chi connectivity index (χ3n) is 2.55. The summed E-state index contributed by atoms with van der Waals surface area (Å²) >= 11 is 5.78. The molecular formula is C15H11ClN2O2. The average Bonchev–Trinajstić information content (AvgIpc) is 2.97. The van der Waals surface area contributed by atoms with Crippen molar-refractivity contribution < 1.29 is 9.21 Å². The molecule has 0 fully saturated rings. The summed E-state index contributed by atoms with van der Waals surface area (Å²) in [5.74, 6) is 0.181. The first kappa shape index (κ1) is 13.9. The van der Waals surface area contributed by atoms with E-state index in [1.807, 2.05) is 6.07 Å². The minimum atomic E-state index is -0.446. The Morgan fingerprint density at radius 3 is 2.70 bits per heavy atom. The van der Waals surface area contributed by atoms with Crippen molar-refractivity contribution in [1.82, 2.24) is 5.32 Å². The zero-order valence-corrected chi connectivity index (χ0v) is 11.2. The summed E-state index contributed by atoms with van der Waals surface area (Å²) in [5, 5.41) is 12.3. The van der Waals surface area contributed by atoms with Gasteiger partial charge in [-0.3, -0.25) is 4.79 Å². The van der Waals surface area contributed by atoms with Crippen molar-refractivity contribution in [2.24, 2.45) is 0 Å². The first-order valence-corrected chi connectivity index (χ1v) is 6.25. The molecular weight excluding hydrogens is 276 g/mol. The molecule has 1 aromatic heterocycles. The van der Waals surface area contributed by atoms with Gasteiger partial charge < -0.3 is 9.73 Å². The van der Waals surface area contributed by atoms with E-state index in [0.29, 0.717) is 10.8 Å². The van der Waals surface area contributed by atoms with E-state index in [1.165, 1.54) is 12.3 Å². The molecule has 2 rings (SSSR count). The van der Waals surface area contributed by atoms with E-state index in [4.69, 9.17) is 21.3 Å². The smallest absolute Gasteiger partial charge is 0.262 e. The molecule has 20 heavy (non-hydrogen) atoms. The third kappa shape index (κ3) is 3.74. The van der Waals surface area contributed by atoms with Crippen molar-refractivity contribution in [2.45, 2.75) is 6.54 Å². The molecule has 0 saturated carbocycles. The van der Waals surface area contributed by atoms with Crippen molar-refractivity contribution in [2.75, 3.05) is 0 Å². The first-order chi connectivity index (χ1) is 9.69. The number of nitriles is 1. The number of carbonyl (C=O) groups is 1. The molecule has 0 aliphatic rings. The van der Waals surface area contributed by atoms with Gasteiger partial charge in [-0.1, -0.05) is 23.7 Å². The standard InChI is InChI=1S/C15H11ClN2O2/c16-13-5-3-11(4-6-13)8-12(9-17)15(19)18-10-14-2-1-7-20-14/h1-8H,10H2,(H,18,19)/b12-8+. The van der Waals surface area contributed by atoms with Crippen LogP contribution < -0.4 is 5.32 Å². The van der Waals surface area contributed by atoms with Gasteiger partial charge in [0, 0.05) is 5.02 Å². The van der Waals surface area contributed by atoms with Gasteiger partial charge in [0.1, 0.15) is 17.4 Å². The van der Waals surface area contributed by atoms with Gasteiger partial charge in [-0.15, -0.1) is 0 Å². The molecule has 0 aliphatic carbocycles. The second-order valence-electron chi connectivity index (χ2n) is 3.98. The fourth-order valence-corrected chi connectivity index (χ4v) is 1.68. The molecule has 5 heteroatoms. The summed E-state index contributed by atoms with van der Waals surface area (Å²) in [5.41, 5.74) is 0.762. The zero-order valence-electron chi connectivity index (χ0n) is 10.5. The number of hydrogen-bond donors (Lipinski definition) is 1. The van der Waals surface area contributed by atoms with Crippen molar-refractivity contribution in [3.8, 4) is 6.07 Å². The molecule has 0 unspecified atom stereocenters. The molecule has 0 atom stereocenters. The molecule has 1 aromatic carbocycles. The number of nitrogens with one attached hydrogen (secondary N) is 1. The van der Waals surface area contributed by atoms with Crippen LogP contribution in [0, 0.1) is 11.3 Å². The number of halogens is 1. The van der Waals surface area contributed by atoms with Gasteiger partial charge in [0.05, 0.1) is 12.8 Å². The molecule has 0 radical (unpaired) electrons. The monoisotopic (exact) mass is 286 g/mol. The molecule has 1 heterocycles. The zero-order chi connectivity index (χ0) is 14.4. The predicted octanol–water partition coefficient (Wildman–Crippen LogP) is 3.16. The lowest BCUT2D eigenvalue weighted by Crippen LogP contribution is -2.23. The predicted molar refractivity (Wildman–Crippen MR) is 75.6 cm³/mol. The summed E-state index contributed by atoms with van der Waals surface area (Å²) < 4.78 is 5.10. The van der Waals surface area contributed by atoms with Crippen LogP contribution in [0.2, 0.25) is 5.02 Å². The van der Waals surface area contributed by atoms with Crippen LogP contribution >= 0.6 is 11.6 Å². The largest absolute Gasteiger partial charge is 0.467 e. The van der Waals surface area contributed by atoms with E-state index >= 15 is 0 Å². The number of amides is 1. The van der Waals surface area contributed by atoms with Gasteiger partial charge in [0.25, 0.3) is 5.91 Å². The highest BCUT2D eigenvalue weighted by Crippen LogP contribution is 2.12. The van der Waals surface area contributed by atoms with Crippen molar-refractivity contribution >= 4 is 23.6 Å². The Labute approximate surface area is 121 Å². The lowest BCUT2D eigenvalue weighted by Gasteiger charge is -2.02. The SMILES string of the molecule is N#C/C(=C\c1ccc(Cl)cc1)C(=O)NCc1ccco1. The normalized spacial score (nSPS) is 10.9. The Morgan fingerprint density at radius 1 is 1.35 bits per heavy atom. The topological polar surface area (TPSA) is 66.0 Å². The van der Waals surface area contributed by atoms with Crippen molar-refractivity contribution in [1.29, 1.82) is 5.26 Å². The second kappa shape index (κ2) is 6.60. The molecule has 100 valence electrons. The van der Waals surface area contributed by atoms with E-state index in [9.17, 15) is 4.79 Å². The number of hydrogen-bond acceptors (Lipinski definition) is 3. The van der Waals surface area contributed by atoms with Crippen LogP contribution in [0.3, 0.4) is 0 Å². The molecule has 1 N–H and O–H groups in total. The van der Waals surface area contributed by atoms with E-state index in [0.717, 1.165) is 5.56 Å². The Kier molecular flexibility index (Phi) is 4.59. The van der Waals surface area contributed by atoms with Crippen LogP contribution in [0.1, 0.15) is 11.3 Å². The van der Waals surface area contributed by atoms with Gasteiger partial charge in [0.2, 0.25) is 0 Å². The average molecular weight is 287 g/mol. The Morgan fingerprint density at radius 2 is 2.10 bits per heavy atom. The fourth-order valence-electron chi connectivity index (χ4n) is 1.55. The van der Waals surface area contributed by atoms with Gasteiger partial charge in [0.15, 0.2) is 0 Å². The maximum absolute atomic E-state index is 11.9. The third-order valence-corrected chi connectivity index (χ3v) is 2.80. The molecule has 0 aliphatic heterocycles. The highest BCUT2D eigenvalue weighted by molar-refractivity contribution is 6.30. The maximum Gasteiger partial charge on any atom is 0.262 e. The molecule has 1 amide bonds. The summed E-state index contributed by atoms with van der Waals surface area (Å²) in [4.78, 5) is 11.9. The Hall–Kier alpha value is -2.51. The van der Waals surface area contributed by atoms with Crippen LogP contribution in [-0.2, 0) is 11.3 Å². The number of rotatable bonds is 4. The van der Waals surface area contributed by atoms with Crippen LogP contribution in [0.15, 0.2) is 52.7 Å². The summed E-state index contributed by atoms with van der Waals surface area (Å²) in [6, 6.07) is 12.2. The van der Waals surface area contributed by atoms with E-state index in [2.05, 4.69) is 5.32 Å². The minimum absolute atomic E-state index is 0.0267. The molecule has 0 bridgehead atoms. The molecule has 4 nitrogen and oxygen atoms in total. The summed E-state index contributed by atoms with van der Waals surface area (Å²) in [6.45, 7) is 0.242. The van der Waals surface area contributed by atoms with Crippen LogP contribution in [-0.4, -0.2) is 5.91 Å². The van der Waals surface area contributed by atoms with Gasteiger partial charge in [-0.2, -0.15) is 5.26 Å². The van der Waals surface area contributed by atoms with Crippen LogP contribution in [0.4, 0.5) is 0 Å². The molecule has 2 aromatic rings. The second-order valence-corrected chi connectivity index (χ2v) is 4.42. The van der Waals surface area contributed by atoms with Crippen LogP contribution in [0.5, 0.6) is 0 Å². The maximum atomic E-state index is 11.9. The van der Waals surface area contributed by atoms with Gasteiger partial charge in [-0.25, -0.2) is 0 Å². The first-order valence-electron chi connectivity index (χ1n) is 5.87. The van der Waals surface area contributed by atoms with Gasteiger partial charge in [-0.05, 0) is 35.9 Å². The number of nitrogens with zero attached hydrogens (tertiary/aromatic N) is 1. The summed E-state index contributed by atoms with van der Waals surface area (Å²) in [7, 11) is 0. The van der Waals surface area contributed by atoms with Crippen molar-refractivity contribution in [3.05, 3.63) is 64.6 Å². The number of benzene rings is 1. The Balaban J connectivity index is 2.05. The summed E-state index contributed by atoms with van der Waals surface area (Å²) in [6.07, 6.45) is 3.03. The lowest BCUT2D eigenvalue weighted by molar-refractivity contribution is -0.117. The quantitative estimate of drug-likeness (QED) is 0.693. The molecule has 0 saturated heterocycles. The van der Waals surface area contributed by atoms with Crippen LogP contribution in [0.25, 0.3) is 6.08 Å². The number of furan rings is 1. The van der Waals surface area contributed by atoms with Gasteiger partial charge >= 0.3 is 0 Å². The van der Waals surface area contributed by atoms with E-state index in [-0.39, 0.29) is 12.1 Å². The van der Waals surface area contributed by atoms with E-state index < -0.39 is 5.91 Å². The number of carbonyl (C=O) groups excluding carboxylic acids is 1. The lowest BCUT2D eigenvalue weighted by atomic mass is 10.1. The highest BCUT2D eigenvalue weighted by Gasteiger charge is 2.09. The fraction of sp³-hybridized carbons (Fsp3) is 0.0667.